The van der Waals surface area contributed by atoms with Crippen molar-refractivity contribution in [3.8, 4) is 11.3 Å². The molecule has 1 atom stereocenters. The molecular weight excluding hydrogens is 330 g/mol. The van der Waals surface area contributed by atoms with E-state index in [4.69, 9.17) is 5.73 Å². The number of likely N-dealkylation sites (tertiary alicyclic amines) is 1. The van der Waals surface area contributed by atoms with Crippen LogP contribution in [0, 0.1) is 0 Å². The molecule has 1 amide bonds. The smallest absolute Gasteiger partial charge is 0.253 e. The maximum atomic E-state index is 13.0. The number of aliphatic hydroxyl groups is 1. The summed E-state index contributed by atoms with van der Waals surface area (Å²) >= 11 is 0. The Kier molecular flexibility index (Phi) is 5.20. The van der Waals surface area contributed by atoms with Crippen molar-refractivity contribution in [2.75, 3.05) is 39.5 Å². The first-order valence-corrected chi connectivity index (χ1v) is 8.71. The third-order valence-electron chi connectivity index (χ3n) is 4.53. The van der Waals surface area contributed by atoms with Crippen molar-refractivity contribution in [3.05, 3.63) is 42.2 Å². The summed E-state index contributed by atoms with van der Waals surface area (Å²) in [5.74, 6) is 0.279. The second-order valence-corrected chi connectivity index (χ2v) is 7.20. The molecule has 0 unspecified atom stereocenters. The molecule has 26 heavy (non-hydrogen) atoms. The van der Waals surface area contributed by atoms with E-state index in [0.29, 0.717) is 43.1 Å². The van der Waals surface area contributed by atoms with Crippen LogP contribution in [0.1, 0.15) is 23.2 Å². The van der Waals surface area contributed by atoms with Crippen LogP contribution in [0.15, 0.2) is 36.7 Å². The third kappa shape index (κ3) is 4.17. The Morgan fingerprint density at radius 2 is 2.15 bits per heavy atom. The van der Waals surface area contributed by atoms with Crippen molar-refractivity contribution >= 4 is 11.7 Å². The van der Waals surface area contributed by atoms with E-state index in [0.717, 1.165) is 12.0 Å². The van der Waals surface area contributed by atoms with Crippen molar-refractivity contribution in [1.29, 1.82) is 0 Å². The van der Waals surface area contributed by atoms with Crippen molar-refractivity contribution in [2.24, 2.45) is 0 Å². The number of amides is 1. The van der Waals surface area contributed by atoms with Crippen LogP contribution in [0.3, 0.4) is 0 Å². The Morgan fingerprint density at radius 3 is 2.85 bits per heavy atom. The molecule has 0 aliphatic carbocycles. The zero-order valence-corrected chi connectivity index (χ0v) is 15.2. The number of carbonyl (C=O) groups excluding carboxylic acids is 1. The van der Waals surface area contributed by atoms with Crippen LogP contribution in [-0.2, 0) is 0 Å². The molecule has 3 N–H and O–H groups in total. The quantitative estimate of drug-likeness (QED) is 0.857. The molecule has 7 heteroatoms. The fourth-order valence-electron chi connectivity index (χ4n) is 3.48. The number of carbonyl (C=O) groups is 1. The van der Waals surface area contributed by atoms with Crippen LogP contribution in [0.4, 0.5) is 5.82 Å². The summed E-state index contributed by atoms with van der Waals surface area (Å²) in [6.45, 7) is 1.54. The van der Waals surface area contributed by atoms with Gasteiger partial charge < -0.3 is 20.6 Å². The molecule has 7 nitrogen and oxygen atoms in total. The lowest BCUT2D eigenvalue weighted by Crippen LogP contribution is -2.54. The molecule has 2 aromatic rings. The fourth-order valence-corrected chi connectivity index (χ4v) is 3.48. The minimum atomic E-state index is -0.864. The molecule has 138 valence electrons. The molecule has 0 radical (unpaired) electrons. The van der Waals surface area contributed by atoms with E-state index in [1.165, 1.54) is 6.20 Å². The van der Waals surface area contributed by atoms with Gasteiger partial charge in [-0.1, -0.05) is 12.1 Å². The molecule has 0 spiro atoms. The van der Waals surface area contributed by atoms with Gasteiger partial charge in [0.2, 0.25) is 0 Å². The van der Waals surface area contributed by atoms with Gasteiger partial charge in [-0.25, -0.2) is 4.98 Å². The van der Waals surface area contributed by atoms with Crippen molar-refractivity contribution in [2.45, 2.75) is 18.4 Å². The summed E-state index contributed by atoms with van der Waals surface area (Å²) in [6, 6.07) is 7.31. The average Bonchev–Trinajstić information content (AvgIpc) is 2.61. The van der Waals surface area contributed by atoms with E-state index >= 15 is 0 Å². The van der Waals surface area contributed by atoms with Crippen LogP contribution in [0.2, 0.25) is 0 Å². The van der Waals surface area contributed by atoms with Gasteiger partial charge in [-0.3, -0.25) is 9.78 Å². The molecule has 1 aliphatic rings. The van der Waals surface area contributed by atoms with Crippen molar-refractivity contribution < 1.29 is 9.90 Å². The molecule has 3 rings (SSSR count). The highest BCUT2D eigenvalue weighted by Gasteiger charge is 2.35. The number of nitrogens with zero attached hydrogens (tertiary/aromatic N) is 4. The van der Waals surface area contributed by atoms with Gasteiger partial charge in [0, 0.05) is 24.2 Å². The highest BCUT2D eigenvalue weighted by Crippen LogP contribution is 2.24. The maximum absolute atomic E-state index is 13.0. The van der Waals surface area contributed by atoms with Gasteiger partial charge in [0.1, 0.15) is 5.82 Å². The van der Waals surface area contributed by atoms with Crippen LogP contribution >= 0.6 is 0 Å². The maximum Gasteiger partial charge on any atom is 0.253 e. The molecule has 0 saturated carbocycles. The number of hydrogen-bond acceptors (Lipinski definition) is 6. The number of likely N-dealkylation sites (N-methyl/N-ethyl adjacent to an activating group) is 1. The van der Waals surface area contributed by atoms with E-state index < -0.39 is 5.60 Å². The number of anilines is 1. The summed E-state index contributed by atoms with van der Waals surface area (Å²) in [5, 5.41) is 10.8. The van der Waals surface area contributed by atoms with Gasteiger partial charge in [-0.2, -0.15) is 0 Å². The number of aromatic nitrogens is 2. The van der Waals surface area contributed by atoms with E-state index in [9.17, 15) is 9.90 Å². The minimum absolute atomic E-state index is 0.0767. The monoisotopic (exact) mass is 355 g/mol. The second-order valence-electron chi connectivity index (χ2n) is 7.20. The van der Waals surface area contributed by atoms with Crippen molar-refractivity contribution in [3.63, 3.8) is 0 Å². The second kappa shape index (κ2) is 7.39. The number of nitrogens with two attached hydrogens (primary N) is 1. The Hall–Kier alpha value is -2.51. The lowest BCUT2D eigenvalue weighted by atomic mass is 9.92. The molecular formula is C19H25N5O2. The SMILES string of the molecule is CN(C)C[C@@]1(O)CCCN(C(=O)c2cccc(-c3cnc(N)cn3)c2)C1. The van der Waals surface area contributed by atoms with E-state index in [1.807, 2.05) is 37.2 Å². The number of piperidine rings is 1. The first-order chi connectivity index (χ1) is 12.4. The third-order valence-corrected chi connectivity index (χ3v) is 4.53. The van der Waals surface area contributed by atoms with Crippen molar-refractivity contribution in [1.82, 2.24) is 19.8 Å². The molecule has 2 heterocycles. The summed E-state index contributed by atoms with van der Waals surface area (Å²) in [6.07, 6.45) is 4.58. The first-order valence-electron chi connectivity index (χ1n) is 8.71. The summed E-state index contributed by atoms with van der Waals surface area (Å²) in [5.41, 5.74) is 6.77. The Bertz CT molecular complexity index is 778. The summed E-state index contributed by atoms with van der Waals surface area (Å²) in [4.78, 5) is 25.0. The Labute approximate surface area is 153 Å². The zero-order valence-electron chi connectivity index (χ0n) is 15.2. The zero-order chi connectivity index (χ0) is 18.7. The number of β-amino-alcohol motifs (C(OH)–C–C–N with tert-alkyl or cyclic N) is 1. The van der Waals surface area contributed by atoms with Gasteiger partial charge in [0.05, 0.1) is 30.2 Å². The van der Waals surface area contributed by atoms with Gasteiger partial charge in [0.25, 0.3) is 5.91 Å². The molecule has 0 bridgehead atoms. The number of rotatable bonds is 4. The molecule has 1 fully saturated rings. The van der Waals surface area contributed by atoms with E-state index in [-0.39, 0.29) is 5.91 Å². The Morgan fingerprint density at radius 1 is 1.35 bits per heavy atom. The van der Waals surface area contributed by atoms with Gasteiger partial charge in [-0.05, 0) is 39.1 Å². The number of nitrogen functional groups attached to an aromatic ring is 1. The van der Waals surface area contributed by atoms with E-state index in [1.54, 1.807) is 17.2 Å². The molecule has 1 aromatic heterocycles. The number of benzene rings is 1. The highest BCUT2D eigenvalue weighted by molar-refractivity contribution is 5.95. The van der Waals surface area contributed by atoms with E-state index in [2.05, 4.69) is 9.97 Å². The lowest BCUT2D eigenvalue weighted by Gasteiger charge is -2.40. The predicted molar refractivity (Wildman–Crippen MR) is 101 cm³/mol. The fraction of sp³-hybridized carbons (Fsp3) is 0.421. The standard InChI is InChI=1S/C19H25N5O2/c1-23(2)12-19(26)7-4-8-24(13-19)18(25)15-6-3-5-14(9-15)16-10-22-17(20)11-21-16/h3,5-6,9-11,26H,4,7-8,12-13H2,1-2H3,(H2,20,22)/t19-/m0/s1. The normalized spacial score (nSPS) is 20.4. The minimum Gasteiger partial charge on any atom is -0.387 e. The lowest BCUT2D eigenvalue weighted by molar-refractivity contribution is -0.0391. The highest BCUT2D eigenvalue weighted by atomic mass is 16.3. The largest absolute Gasteiger partial charge is 0.387 e. The van der Waals surface area contributed by atoms with Gasteiger partial charge in [0.15, 0.2) is 0 Å². The summed E-state index contributed by atoms with van der Waals surface area (Å²) < 4.78 is 0. The predicted octanol–water partition coefficient (Wildman–Crippen LogP) is 1.25. The Balaban J connectivity index is 1.79. The van der Waals surface area contributed by atoms with Gasteiger partial charge >= 0.3 is 0 Å². The topological polar surface area (TPSA) is 95.6 Å². The van der Waals surface area contributed by atoms with Crippen LogP contribution in [0.25, 0.3) is 11.3 Å². The van der Waals surface area contributed by atoms with Gasteiger partial charge in [-0.15, -0.1) is 0 Å². The molecule has 1 aromatic carbocycles. The van der Waals surface area contributed by atoms with Crippen LogP contribution in [0.5, 0.6) is 0 Å². The van der Waals surface area contributed by atoms with Crippen LogP contribution in [-0.4, -0.2) is 70.1 Å². The molecule has 1 saturated heterocycles. The number of hydrogen-bond donors (Lipinski definition) is 2. The summed E-state index contributed by atoms with van der Waals surface area (Å²) in [7, 11) is 3.85. The van der Waals surface area contributed by atoms with Crippen LogP contribution < -0.4 is 5.73 Å². The first kappa shape index (κ1) is 18.3. The molecule has 1 aliphatic heterocycles. The average molecular weight is 355 g/mol.